The normalized spacial score (nSPS) is 11.9. The van der Waals surface area contributed by atoms with Gasteiger partial charge >= 0.3 is 6.03 Å². The van der Waals surface area contributed by atoms with E-state index in [1.807, 2.05) is 31.2 Å². The van der Waals surface area contributed by atoms with Gasteiger partial charge in [-0.2, -0.15) is 0 Å². The minimum atomic E-state index is -0.469. The number of rotatable bonds is 6. The number of nitrogens with one attached hydrogen (secondary N) is 2. The maximum Gasteiger partial charge on any atom is 0.319 e. The highest BCUT2D eigenvalue weighted by molar-refractivity contribution is 5.89. The van der Waals surface area contributed by atoms with Crippen molar-refractivity contribution in [1.82, 2.24) is 5.32 Å². The Hall–Kier alpha value is -1.55. The Balaban J connectivity index is 2.35. The first kappa shape index (κ1) is 14.5. The molecule has 1 rings (SSSR count). The Bertz CT molecular complexity index is 363. The Morgan fingerprint density at radius 2 is 1.94 bits per heavy atom. The molecule has 0 spiro atoms. The summed E-state index contributed by atoms with van der Waals surface area (Å²) in [7, 11) is 0. The van der Waals surface area contributed by atoms with Crippen LogP contribution in [-0.2, 0) is 6.42 Å². The number of carbonyl (C=O) groups excluding carboxylic acids is 1. The van der Waals surface area contributed by atoms with Crippen molar-refractivity contribution in [2.75, 3.05) is 11.9 Å². The number of aliphatic hydroxyl groups is 1. The third-order valence-corrected chi connectivity index (χ3v) is 2.74. The largest absolute Gasteiger partial charge is 0.391 e. The van der Waals surface area contributed by atoms with Crippen molar-refractivity contribution in [3.63, 3.8) is 0 Å². The molecule has 100 valence electrons. The summed E-state index contributed by atoms with van der Waals surface area (Å²) in [5.41, 5.74) is 1.99. The van der Waals surface area contributed by atoms with E-state index in [1.54, 1.807) is 0 Å². The molecule has 0 aliphatic heterocycles. The van der Waals surface area contributed by atoms with Crippen LogP contribution in [0.5, 0.6) is 0 Å². The van der Waals surface area contributed by atoms with Crippen molar-refractivity contribution in [2.45, 2.75) is 39.2 Å². The minimum absolute atomic E-state index is 0.283. The van der Waals surface area contributed by atoms with E-state index in [4.69, 9.17) is 0 Å². The topological polar surface area (TPSA) is 61.4 Å². The lowest BCUT2D eigenvalue weighted by Crippen LogP contribution is -2.35. The van der Waals surface area contributed by atoms with E-state index in [0.29, 0.717) is 6.42 Å². The molecule has 0 aliphatic rings. The van der Waals surface area contributed by atoms with E-state index in [-0.39, 0.29) is 12.6 Å². The molecule has 1 atom stereocenters. The Morgan fingerprint density at radius 1 is 1.28 bits per heavy atom. The number of aliphatic hydroxyl groups excluding tert-OH is 1. The fourth-order valence-electron chi connectivity index (χ4n) is 1.64. The Labute approximate surface area is 108 Å². The van der Waals surface area contributed by atoms with Gasteiger partial charge in [-0.15, -0.1) is 0 Å². The molecule has 3 N–H and O–H groups in total. The first-order chi connectivity index (χ1) is 8.65. The summed E-state index contributed by atoms with van der Waals surface area (Å²) in [6, 6.07) is 7.44. The van der Waals surface area contributed by atoms with Gasteiger partial charge in [0.05, 0.1) is 6.10 Å². The maximum atomic E-state index is 11.5. The number of aryl methyl sites for hydroxylation is 1. The standard InChI is InChI=1S/C14H22N2O2/c1-3-5-13(17)10-15-14(18)16-12-8-6-11(4-2)7-9-12/h6-9,13,17H,3-5,10H2,1-2H3,(H2,15,16,18). The molecule has 0 aromatic heterocycles. The average Bonchev–Trinajstić information content (AvgIpc) is 2.38. The monoisotopic (exact) mass is 250 g/mol. The first-order valence-corrected chi connectivity index (χ1v) is 6.47. The van der Waals surface area contributed by atoms with Crippen LogP contribution in [0.3, 0.4) is 0 Å². The highest BCUT2D eigenvalue weighted by atomic mass is 16.3. The van der Waals surface area contributed by atoms with Crippen molar-refractivity contribution in [3.05, 3.63) is 29.8 Å². The molecule has 0 heterocycles. The maximum absolute atomic E-state index is 11.5. The lowest BCUT2D eigenvalue weighted by molar-refractivity contribution is 0.162. The number of carbonyl (C=O) groups is 1. The van der Waals surface area contributed by atoms with Crippen LogP contribution in [-0.4, -0.2) is 23.8 Å². The second-order valence-electron chi connectivity index (χ2n) is 4.33. The molecule has 4 nitrogen and oxygen atoms in total. The van der Waals surface area contributed by atoms with Crippen LogP contribution in [0.15, 0.2) is 24.3 Å². The van der Waals surface area contributed by atoms with E-state index in [0.717, 1.165) is 18.5 Å². The fraction of sp³-hybridized carbons (Fsp3) is 0.500. The van der Waals surface area contributed by atoms with Gasteiger partial charge in [-0.1, -0.05) is 32.4 Å². The van der Waals surface area contributed by atoms with Crippen molar-refractivity contribution in [3.8, 4) is 0 Å². The number of hydrogen-bond acceptors (Lipinski definition) is 2. The summed E-state index contributed by atoms with van der Waals surface area (Å²) in [6.07, 6.45) is 2.12. The van der Waals surface area contributed by atoms with Gasteiger partial charge in [0.1, 0.15) is 0 Å². The lowest BCUT2D eigenvalue weighted by Gasteiger charge is -2.11. The molecule has 0 saturated carbocycles. The fourth-order valence-corrected chi connectivity index (χ4v) is 1.64. The summed E-state index contributed by atoms with van der Waals surface area (Å²) in [6.45, 7) is 4.37. The minimum Gasteiger partial charge on any atom is -0.391 e. The second-order valence-corrected chi connectivity index (χ2v) is 4.33. The third-order valence-electron chi connectivity index (χ3n) is 2.74. The summed E-state index contributed by atoms with van der Waals surface area (Å²) in [5, 5.41) is 14.9. The van der Waals surface area contributed by atoms with Gasteiger partial charge in [-0.3, -0.25) is 0 Å². The summed E-state index contributed by atoms with van der Waals surface area (Å²) < 4.78 is 0. The van der Waals surface area contributed by atoms with Gasteiger partial charge in [0.2, 0.25) is 0 Å². The van der Waals surface area contributed by atoms with Crippen LogP contribution in [0.25, 0.3) is 0 Å². The average molecular weight is 250 g/mol. The van der Waals surface area contributed by atoms with Gasteiger partial charge in [-0.25, -0.2) is 4.79 Å². The summed E-state index contributed by atoms with van der Waals surface area (Å²) in [4.78, 5) is 11.5. The van der Waals surface area contributed by atoms with E-state index >= 15 is 0 Å². The summed E-state index contributed by atoms with van der Waals surface area (Å²) in [5.74, 6) is 0. The zero-order valence-corrected chi connectivity index (χ0v) is 11.1. The predicted octanol–water partition coefficient (Wildman–Crippen LogP) is 2.53. The van der Waals surface area contributed by atoms with Gasteiger partial charge in [-0.05, 0) is 30.5 Å². The van der Waals surface area contributed by atoms with Crippen molar-refractivity contribution in [1.29, 1.82) is 0 Å². The van der Waals surface area contributed by atoms with Crippen LogP contribution in [0.4, 0.5) is 10.5 Å². The zero-order valence-electron chi connectivity index (χ0n) is 11.1. The molecule has 1 aromatic rings. The number of urea groups is 1. The first-order valence-electron chi connectivity index (χ1n) is 6.47. The number of benzene rings is 1. The van der Waals surface area contributed by atoms with E-state index < -0.39 is 6.10 Å². The van der Waals surface area contributed by atoms with Crippen LogP contribution in [0.2, 0.25) is 0 Å². The molecule has 0 radical (unpaired) electrons. The van der Waals surface area contributed by atoms with E-state index in [9.17, 15) is 9.90 Å². The molecule has 0 saturated heterocycles. The summed E-state index contributed by atoms with van der Waals surface area (Å²) >= 11 is 0. The van der Waals surface area contributed by atoms with Crippen molar-refractivity contribution >= 4 is 11.7 Å². The molecule has 0 aliphatic carbocycles. The smallest absolute Gasteiger partial charge is 0.319 e. The van der Waals surface area contributed by atoms with Crippen LogP contribution in [0.1, 0.15) is 32.3 Å². The van der Waals surface area contributed by atoms with Gasteiger partial charge < -0.3 is 15.7 Å². The molecular formula is C14H22N2O2. The molecule has 18 heavy (non-hydrogen) atoms. The lowest BCUT2D eigenvalue weighted by atomic mass is 10.1. The molecule has 0 fully saturated rings. The zero-order chi connectivity index (χ0) is 13.4. The molecule has 1 unspecified atom stereocenters. The number of hydrogen-bond donors (Lipinski definition) is 3. The Kier molecular flexibility index (Phi) is 6.22. The van der Waals surface area contributed by atoms with E-state index in [1.165, 1.54) is 5.56 Å². The molecule has 0 bridgehead atoms. The predicted molar refractivity (Wildman–Crippen MR) is 73.8 cm³/mol. The number of anilines is 1. The van der Waals surface area contributed by atoms with Crippen LogP contribution >= 0.6 is 0 Å². The molecule has 2 amide bonds. The van der Waals surface area contributed by atoms with E-state index in [2.05, 4.69) is 17.6 Å². The van der Waals surface area contributed by atoms with Gasteiger partial charge in [0, 0.05) is 12.2 Å². The highest BCUT2D eigenvalue weighted by Crippen LogP contribution is 2.09. The van der Waals surface area contributed by atoms with Gasteiger partial charge in [0.25, 0.3) is 0 Å². The SMILES string of the molecule is CCCC(O)CNC(=O)Nc1ccc(CC)cc1. The van der Waals surface area contributed by atoms with Crippen molar-refractivity contribution < 1.29 is 9.90 Å². The second kappa shape index (κ2) is 7.71. The Morgan fingerprint density at radius 3 is 2.50 bits per heavy atom. The van der Waals surface area contributed by atoms with Crippen LogP contribution < -0.4 is 10.6 Å². The third kappa shape index (κ3) is 5.19. The molecule has 1 aromatic carbocycles. The quantitative estimate of drug-likeness (QED) is 0.726. The number of amides is 2. The highest BCUT2D eigenvalue weighted by Gasteiger charge is 2.05. The van der Waals surface area contributed by atoms with Crippen molar-refractivity contribution in [2.24, 2.45) is 0 Å². The van der Waals surface area contributed by atoms with Crippen LogP contribution in [0, 0.1) is 0 Å². The molecule has 4 heteroatoms. The molecular weight excluding hydrogens is 228 g/mol. The van der Waals surface area contributed by atoms with Gasteiger partial charge in [0.15, 0.2) is 0 Å².